The third-order valence-corrected chi connectivity index (χ3v) is 2.69. The highest BCUT2D eigenvalue weighted by Crippen LogP contribution is 2.26. The maximum absolute atomic E-state index is 11.7. The van der Waals surface area contributed by atoms with E-state index in [1.54, 1.807) is 6.07 Å². The minimum Gasteiger partial charge on any atom is -0.381 e. The Bertz CT molecular complexity index is 402. The van der Waals surface area contributed by atoms with Crippen LogP contribution in [0.2, 0.25) is 10.3 Å². The van der Waals surface area contributed by atoms with Crippen LogP contribution in [0.15, 0.2) is 6.07 Å². The molecule has 18 heavy (non-hydrogen) atoms. The Balaban J connectivity index is 2.54. The van der Waals surface area contributed by atoms with Gasteiger partial charge < -0.3 is 10.1 Å². The molecule has 0 fully saturated rings. The van der Waals surface area contributed by atoms with Crippen LogP contribution in [0, 0.1) is 6.92 Å². The highest BCUT2D eigenvalue weighted by atomic mass is 35.5. The van der Waals surface area contributed by atoms with E-state index in [4.69, 9.17) is 27.9 Å². The molecule has 100 valence electrons. The van der Waals surface area contributed by atoms with Crippen molar-refractivity contribution < 1.29 is 9.53 Å². The van der Waals surface area contributed by atoms with E-state index in [1.807, 2.05) is 13.8 Å². The van der Waals surface area contributed by atoms with Crippen molar-refractivity contribution in [3.8, 4) is 0 Å². The fourth-order valence-electron chi connectivity index (χ4n) is 1.36. The molecule has 1 amide bonds. The van der Waals surface area contributed by atoms with Crippen LogP contribution in [0.1, 0.15) is 25.3 Å². The highest BCUT2D eigenvalue weighted by Gasteiger charge is 2.10. The van der Waals surface area contributed by atoms with Gasteiger partial charge in [-0.2, -0.15) is 0 Å². The molecule has 0 aromatic carbocycles. The molecule has 1 aromatic rings. The Hall–Kier alpha value is -0.840. The Kier molecular flexibility index (Phi) is 6.39. The van der Waals surface area contributed by atoms with Crippen molar-refractivity contribution >= 4 is 34.8 Å². The average molecular weight is 291 g/mol. The first-order valence-electron chi connectivity index (χ1n) is 5.74. The van der Waals surface area contributed by atoms with Gasteiger partial charge in [0.2, 0.25) is 5.91 Å². The van der Waals surface area contributed by atoms with E-state index >= 15 is 0 Å². The quantitative estimate of drug-likeness (QED) is 0.645. The second-order valence-electron chi connectivity index (χ2n) is 3.84. The molecule has 0 unspecified atom stereocenters. The Labute approximate surface area is 117 Å². The summed E-state index contributed by atoms with van der Waals surface area (Å²) >= 11 is 11.7. The molecule has 0 aliphatic carbocycles. The number of hydrogen-bond donors (Lipinski definition) is 1. The Morgan fingerprint density at radius 3 is 2.78 bits per heavy atom. The van der Waals surface area contributed by atoms with Crippen molar-refractivity contribution in [1.82, 2.24) is 4.98 Å². The van der Waals surface area contributed by atoms with Crippen LogP contribution in [0.25, 0.3) is 0 Å². The number of hydrogen-bond acceptors (Lipinski definition) is 3. The molecule has 0 spiro atoms. The molecule has 0 saturated carbocycles. The van der Waals surface area contributed by atoms with Gasteiger partial charge in [0.15, 0.2) is 5.15 Å². The van der Waals surface area contributed by atoms with Crippen molar-refractivity contribution in [2.45, 2.75) is 26.7 Å². The summed E-state index contributed by atoms with van der Waals surface area (Å²) in [5.41, 5.74) is 1.28. The van der Waals surface area contributed by atoms with Crippen LogP contribution in [0.3, 0.4) is 0 Å². The fraction of sp³-hybridized carbons (Fsp3) is 0.500. The number of carbonyl (C=O) groups is 1. The van der Waals surface area contributed by atoms with Crippen molar-refractivity contribution in [2.24, 2.45) is 0 Å². The molecule has 0 aliphatic rings. The minimum atomic E-state index is -0.153. The molecule has 0 atom stereocenters. The molecule has 0 saturated heterocycles. The number of pyridine rings is 1. The maximum atomic E-state index is 11.7. The van der Waals surface area contributed by atoms with Crippen molar-refractivity contribution in [1.29, 1.82) is 0 Å². The Morgan fingerprint density at radius 1 is 1.44 bits per heavy atom. The zero-order valence-corrected chi connectivity index (χ0v) is 11.9. The van der Waals surface area contributed by atoms with Gasteiger partial charge in [-0.1, -0.05) is 30.1 Å². The van der Waals surface area contributed by atoms with Gasteiger partial charge in [0, 0.05) is 6.61 Å². The van der Waals surface area contributed by atoms with Gasteiger partial charge in [-0.25, -0.2) is 4.98 Å². The highest BCUT2D eigenvalue weighted by molar-refractivity contribution is 6.34. The second-order valence-corrected chi connectivity index (χ2v) is 4.58. The third-order valence-electron chi connectivity index (χ3n) is 2.23. The van der Waals surface area contributed by atoms with Crippen LogP contribution >= 0.6 is 23.2 Å². The summed E-state index contributed by atoms with van der Waals surface area (Å²) in [6.07, 6.45) is 1.23. The molecule has 0 aliphatic heterocycles. The van der Waals surface area contributed by atoms with E-state index < -0.39 is 0 Å². The zero-order valence-electron chi connectivity index (χ0n) is 10.4. The van der Waals surface area contributed by atoms with Crippen LogP contribution in [0.4, 0.5) is 5.69 Å². The standard InChI is InChI=1S/C12H16Cl2N2O2/c1-3-5-18-6-4-10(17)16-11-8(2)7-9(13)15-12(11)14/h7H,3-6H2,1-2H3,(H,16,17). The molecule has 1 heterocycles. The van der Waals surface area contributed by atoms with E-state index in [2.05, 4.69) is 10.3 Å². The monoisotopic (exact) mass is 290 g/mol. The predicted molar refractivity (Wildman–Crippen MR) is 73.4 cm³/mol. The van der Waals surface area contributed by atoms with E-state index in [0.717, 1.165) is 12.0 Å². The summed E-state index contributed by atoms with van der Waals surface area (Å²) in [6, 6.07) is 1.65. The molecule has 1 rings (SSSR count). The number of aromatic nitrogens is 1. The van der Waals surface area contributed by atoms with Crippen LogP contribution in [-0.4, -0.2) is 24.1 Å². The lowest BCUT2D eigenvalue weighted by Gasteiger charge is -2.10. The van der Waals surface area contributed by atoms with Crippen molar-refractivity contribution in [2.75, 3.05) is 18.5 Å². The van der Waals surface area contributed by atoms with Crippen LogP contribution in [0.5, 0.6) is 0 Å². The number of nitrogens with one attached hydrogen (secondary N) is 1. The van der Waals surface area contributed by atoms with Gasteiger partial charge >= 0.3 is 0 Å². The molecule has 1 N–H and O–H groups in total. The van der Waals surface area contributed by atoms with Gasteiger partial charge in [0.25, 0.3) is 0 Å². The lowest BCUT2D eigenvalue weighted by atomic mass is 10.2. The number of anilines is 1. The molecular weight excluding hydrogens is 275 g/mol. The van der Waals surface area contributed by atoms with E-state index in [9.17, 15) is 4.79 Å². The second kappa shape index (κ2) is 7.56. The fourth-order valence-corrected chi connectivity index (χ4v) is 1.94. The molecule has 1 aromatic heterocycles. The average Bonchev–Trinajstić information content (AvgIpc) is 2.29. The number of aryl methyl sites for hydroxylation is 1. The molecule has 4 nitrogen and oxygen atoms in total. The lowest BCUT2D eigenvalue weighted by Crippen LogP contribution is -2.15. The lowest BCUT2D eigenvalue weighted by molar-refractivity contribution is -0.117. The predicted octanol–water partition coefficient (Wildman–Crippen LogP) is 3.45. The SMILES string of the molecule is CCCOCCC(=O)Nc1c(C)cc(Cl)nc1Cl. The summed E-state index contributed by atoms with van der Waals surface area (Å²) in [4.78, 5) is 15.5. The van der Waals surface area contributed by atoms with Gasteiger partial charge in [0.05, 0.1) is 18.7 Å². The number of amides is 1. The molecule has 0 bridgehead atoms. The molecule has 0 radical (unpaired) electrons. The van der Waals surface area contributed by atoms with E-state index in [-0.39, 0.29) is 11.1 Å². The molecule has 6 heteroatoms. The largest absolute Gasteiger partial charge is 0.381 e. The van der Waals surface area contributed by atoms with Crippen LogP contribution < -0.4 is 5.32 Å². The van der Waals surface area contributed by atoms with E-state index in [1.165, 1.54) is 0 Å². The summed E-state index contributed by atoms with van der Waals surface area (Å²) < 4.78 is 5.24. The number of carbonyl (C=O) groups excluding carboxylic acids is 1. The first-order valence-corrected chi connectivity index (χ1v) is 6.50. The smallest absolute Gasteiger partial charge is 0.226 e. The van der Waals surface area contributed by atoms with Gasteiger partial charge in [-0.3, -0.25) is 4.79 Å². The number of nitrogens with zero attached hydrogens (tertiary/aromatic N) is 1. The third kappa shape index (κ3) is 4.80. The number of ether oxygens (including phenoxy) is 1. The zero-order chi connectivity index (χ0) is 13.5. The van der Waals surface area contributed by atoms with Gasteiger partial charge in [-0.15, -0.1) is 0 Å². The summed E-state index contributed by atoms with van der Waals surface area (Å²) in [5.74, 6) is -0.153. The van der Waals surface area contributed by atoms with Crippen molar-refractivity contribution in [3.63, 3.8) is 0 Å². The first-order chi connectivity index (χ1) is 8.54. The topological polar surface area (TPSA) is 51.2 Å². The van der Waals surface area contributed by atoms with E-state index in [0.29, 0.717) is 30.5 Å². The van der Waals surface area contributed by atoms with Gasteiger partial charge in [0.1, 0.15) is 5.15 Å². The number of halogens is 2. The van der Waals surface area contributed by atoms with Gasteiger partial charge in [-0.05, 0) is 25.0 Å². The van der Waals surface area contributed by atoms with Crippen molar-refractivity contribution in [3.05, 3.63) is 21.9 Å². The van der Waals surface area contributed by atoms with Crippen LogP contribution in [-0.2, 0) is 9.53 Å². The number of rotatable bonds is 6. The summed E-state index contributed by atoms with van der Waals surface area (Å²) in [7, 11) is 0. The Morgan fingerprint density at radius 2 is 2.17 bits per heavy atom. The maximum Gasteiger partial charge on any atom is 0.226 e. The summed E-state index contributed by atoms with van der Waals surface area (Å²) in [5, 5.41) is 3.21. The first kappa shape index (κ1) is 15.2. The summed E-state index contributed by atoms with van der Waals surface area (Å²) in [6.45, 7) is 4.89. The minimum absolute atomic E-state index is 0.153. The molecular formula is C12H16Cl2N2O2. The normalized spacial score (nSPS) is 10.4.